The molecular weight excluding hydrogens is 268 g/mol. The first-order valence-corrected chi connectivity index (χ1v) is 6.69. The van der Waals surface area contributed by atoms with Gasteiger partial charge in [0.15, 0.2) is 0 Å². The average Bonchev–Trinajstić information content (AvgIpc) is 2.47. The van der Waals surface area contributed by atoms with Gasteiger partial charge in [-0.3, -0.25) is 10.1 Å². The molecule has 0 saturated heterocycles. The zero-order valence-electron chi connectivity index (χ0n) is 12.3. The molecule has 0 heterocycles. The minimum Gasteiger partial charge on any atom is -0.453 e. The molecule has 2 aromatic rings. The van der Waals surface area contributed by atoms with Gasteiger partial charge in [0.1, 0.15) is 0 Å². The molecule has 21 heavy (non-hydrogen) atoms. The van der Waals surface area contributed by atoms with Crippen molar-refractivity contribution in [2.45, 2.75) is 13.8 Å². The second-order valence-electron chi connectivity index (χ2n) is 5.04. The van der Waals surface area contributed by atoms with E-state index in [0.717, 1.165) is 16.5 Å². The summed E-state index contributed by atoms with van der Waals surface area (Å²) < 4.78 is 4.55. The molecule has 0 aromatic heterocycles. The van der Waals surface area contributed by atoms with E-state index >= 15 is 0 Å². The fourth-order valence-electron chi connectivity index (χ4n) is 1.86. The highest BCUT2D eigenvalue weighted by atomic mass is 16.5. The van der Waals surface area contributed by atoms with E-state index < -0.39 is 6.09 Å². The molecule has 0 fully saturated rings. The van der Waals surface area contributed by atoms with E-state index in [1.807, 2.05) is 44.2 Å². The lowest BCUT2D eigenvalue weighted by Crippen LogP contribution is -2.17. The van der Waals surface area contributed by atoms with E-state index in [9.17, 15) is 9.59 Å². The van der Waals surface area contributed by atoms with Gasteiger partial charge in [0.05, 0.1) is 7.11 Å². The van der Waals surface area contributed by atoms with Gasteiger partial charge >= 0.3 is 6.09 Å². The monoisotopic (exact) mass is 286 g/mol. The zero-order chi connectivity index (χ0) is 15.4. The Morgan fingerprint density at radius 1 is 0.952 bits per heavy atom. The molecule has 0 radical (unpaired) electrons. The lowest BCUT2D eigenvalue weighted by molar-refractivity contribution is -0.118. The SMILES string of the molecule is COC(=O)Nc1ccc2cc(NC(=O)C(C)C)ccc2c1. The third-order valence-corrected chi connectivity index (χ3v) is 3.06. The number of fused-ring (bicyclic) bond motifs is 1. The number of rotatable bonds is 3. The summed E-state index contributed by atoms with van der Waals surface area (Å²) in [7, 11) is 1.32. The Morgan fingerprint density at radius 2 is 1.48 bits per heavy atom. The van der Waals surface area contributed by atoms with Crippen molar-refractivity contribution >= 4 is 34.1 Å². The Labute approximate surface area is 123 Å². The summed E-state index contributed by atoms with van der Waals surface area (Å²) in [6.07, 6.45) is -0.504. The maximum absolute atomic E-state index is 11.7. The summed E-state index contributed by atoms with van der Waals surface area (Å²) >= 11 is 0. The topological polar surface area (TPSA) is 67.4 Å². The average molecular weight is 286 g/mol. The molecule has 0 bridgehead atoms. The van der Waals surface area contributed by atoms with E-state index in [4.69, 9.17) is 0 Å². The molecule has 0 spiro atoms. The first-order valence-electron chi connectivity index (χ1n) is 6.69. The van der Waals surface area contributed by atoms with Gasteiger partial charge in [-0.25, -0.2) is 4.79 Å². The number of hydrogen-bond acceptors (Lipinski definition) is 3. The molecule has 5 nitrogen and oxygen atoms in total. The largest absolute Gasteiger partial charge is 0.453 e. The molecule has 2 rings (SSSR count). The van der Waals surface area contributed by atoms with Crippen molar-refractivity contribution < 1.29 is 14.3 Å². The predicted molar refractivity (Wildman–Crippen MR) is 83.4 cm³/mol. The van der Waals surface area contributed by atoms with Gasteiger partial charge in [-0.05, 0) is 35.0 Å². The Kier molecular flexibility index (Phi) is 4.42. The number of carbonyl (C=O) groups is 2. The lowest BCUT2D eigenvalue weighted by Gasteiger charge is -2.09. The molecule has 0 aliphatic rings. The molecule has 2 amide bonds. The maximum atomic E-state index is 11.7. The molecule has 0 aliphatic heterocycles. The van der Waals surface area contributed by atoms with Crippen LogP contribution in [-0.2, 0) is 9.53 Å². The van der Waals surface area contributed by atoms with Gasteiger partial charge in [-0.1, -0.05) is 26.0 Å². The molecule has 0 unspecified atom stereocenters. The normalized spacial score (nSPS) is 10.5. The molecule has 2 aromatic carbocycles. The van der Waals surface area contributed by atoms with E-state index in [0.29, 0.717) is 5.69 Å². The molecule has 2 N–H and O–H groups in total. The Balaban J connectivity index is 2.23. The third-order valence-electron chi connectivity index (χ3n) is 3.06. The van der Waals surface area contributed by atoms with Gasteiger partial charge in [-0.15, -0.1) is 0 Å². The van der Waals surface area contributed by atoms with Crippen LogP contribution in [0.1, 0.15) is 13.8 Å². The van der Waals surface area contributed by atoms with E-state index in [1.54, 1.807) is 6.07 Å². The Bertz CT molecular complexity index is 680. The summed E-state index contributed by atoms with van der Waals surface area (Å²) in [5.74, 6) is -0.0781. The van der Waals surface area contributed by atoms with Gasteiger partial charge in [0.25, 0.3) is 0 Å². The van der Waals surface area contributed by atoms with Crippen LogP contribution in [0.3, 0.4) is 0 Å². The molecule has 110 valence electrons. The number of ether oxygens (including phenoxy) is 1. The number of methoxy groups -OCH3 is 1. The highest BCUT2D eigenvalue weighted by molar-refractivity contribution is 5.96. The number of hydrogen-bond donors (Lipinski definition) is 2. The number of nitrogens with one attached hydrogen (secondary N) is 2. The molecule has 0 atom stereocenters. The third kappa shape index (κ3) is 3.72. The first kappa shape index (κ1) is 14.8. The Hall–Kier alpha value is -2.56. The van der Waals surface area contributed by atoms with Gasteiger partial charge in [-0.2, -0.15) is 0 Å². The maximum Gasteiger partial charge on any atom is 0.411 e. The van der Waals surface area contributed by atoms with Crippen molar-refractivity contribution in [3.05, 3.63) is 36.4 Å². The summed E-state index contributed by atoms with van der Waals surface area (Å²) in [4.78, 5) is 22.9. The summed E-state index contributed by atoms with van der Waals surface area (Å²) in [6.45, 7) is 3.70. The summed E-state index contributed by atoms with van der Waals surface area (Å²) in [5.41, 5.74) is 1.42. The van der Waals surface area contributed by atoms with Crippen molar-refractivity contribution in [3.8, 4) is 0 Å². The van der Waals surface area contributed by atoms with Crippen molar-refractivity contribution in [2.24, 2.45) is 5.92 Å². The molecule has 0 aliphatic carbocycles. The van der Waals surface area contributed by atoms with Crippen LogP contribution in [0.15, 0.2) is 36.4 Å². The lowest BCUT2D eigenvalue weighted by atomic mass is 10.1. The van der Waals surface area contributed by atoms with Crippen LogP contribution in [0.4, 0.5) is 16.2 Å². The van der Waals surface area contributed by atoms with Crippen LogP contribution < -0.4 is 10.6 Å². The van der Waals surface area contributed by atoms with Gasteiger partial charge < -0.3 is 10.1 Å². The second-order valence-corrected chi connectivity index (χ2v) is 5.04. The molecular formula is C16H18N2O3. The smallest absolute Gasteiger partial charge is 0.411 e. The van der Waals surface area contributed by atoms with Gasteiger partial charge in [0.2, 0.25) is 5.91 Å². The molecule has 5 heteroatoms. The van der Waals surface area contributed by atoms with Gasteiger partial charge in [0, 0.05) is 17.3 Å². The fourth-order valence-corrected chi connectivity index (χ4v) is 1.86. The highest BCUT2D eigenvalue weighted by Crippen LogP contribution is 2.23. The number of benzene rings is 2. The predicted octanol–water partition coefficient (Wildman–Crippen LogP) is 3.61. The number of amides is 2. The van der Waals surface area contributed by atoms with Crippen molar-refractivity contribution in [2.75, 3.05) is 17.7 Å². The minimum absolute atomic E-state index is 0.0154. The summed E-state index contributed by atoms with van der Waals surface area (Å²) in [5, 5.41) is 7.42. The van der Waals surface area contributed by atoms with E-state index in [2.05, 4.69) is 15.4 Å². The van der Waals surface area contributed by atoms with Crippen LogP contribution in [0, 0.1) is 5.92 Å². The minimum atomic E-state index is -0.504. The van der Waals surface area contributed by atoms with Crippen molar-refractivity contribution in [1.29, 1.82) is 0 Å². The standard InChI is InChI=1S/C16H18N2O3/c1-10(2)15(19)17-13-6-4-12-9-14(18-16(20)21-3)7-5-11(12)8-13/h4-10H,1-3H3,(H,17,19)(H,18,20). The van der Waals surface area contributed by atoms with Crippen LogP contribution in [0.5, 0.6) is 0 Å². The fraction of sp³-hybridized carbons (Fsp3) is 0.250. The highest BCUT2D eigenvalue weighted by Gasteiger charge is 2.07. The van der Waals surface area contributed by atoms with Crippen LogP contribution in [0.25, 0.3) is 10.8 Å². The van der Waals surface area contributed by atoms with Crippen LogP contribution in [0.2, 0.25) is 0 Å². The van der Waals surface area contributed by atoms with Crippen LogP contribution in [-0.4, -0.2) is 19.1 Å². The zero-order valence-corrected chi connectivity index (χ0v) is 12.3. The second kappa shape index (κ2) is 6.26. The summed E-state index contributed by atoms with van der Waals surface area (Å²) in [6, 6.07) is 11.1. The first-order chi connectivity index (χ1) is 9.99. The number of anilines is 2. The van der Waals surface area contributed by atoms with Crippen molar-refractivity contribution in [3.63, 3.8) is 0 Å². The van der Waals surface area contributed by atoms with E-state index in [-0.39, 0.29) is 11.8 Å². The number of carbonyl (C=O) groups excluding carboxylic acids is 2. The van der Waals surface area contributed by atoms with E-state index in [1.165, 1.54) is 7.11 Å². The van der Waals surface area contributed by atoms with Crippen LogP contribution >= 0.6 is 0 Å². The quantitative estimate of drug-likeness (QED) is 0.905. The van der Waals surface area contributed by atoms with Crippen molar-refractivity contribution in [1.82, 2.24) is 0 Å². The Morgan fingerprint density at radius 3 is 1.95 bits per heavy atom. The molecule has 0 saturated carbocycles.